The maximum Gasteiger partial charge on any atom is 0.136 e. The van der Waals surface area contributed by atoms with Crippen molar-refractivity contribution in [1.82, 2.24) is 0 Å². The zero-order valence-corrected chi connectivity index (χ0v) is 12.9. The van der Waals surface area contributed by atoms with Crippen molar-refractivity contribution in [3.8, 4) is 11.5 Å². The molecule has 0 saturated heterocycles. The molecule has 3 nitrogen and oxygen atoms in total. The summed E-state index contributed by atoms with van der Waals surface area (Å²) >= 11 is 3.67. The van der Waals surface area contributed by atoms with E-state index in [9.17, 15) is 0 Å². The smallest absolute Gasteiger partial charge is 0.136 e. The lowest BCUT2D eigenvalue weighted by molar-refractivity contribution is 0.384. The van der Waals surface area contributed by atoms with Gasteiger partial charge in [0.25, 0.3) is 0 Å². The third kappa shape index (κ3) is 1.91. The van der Waals surface area contributed by atoms with Gasteiger partial charge in [0.05, 0.1) is 18.7 Å². The van der Waals surface area contributed by atoms with Crippen molar-refractivity contribution in [3.63, 3.8) is 0 Å². The van der Waals surface area contributed by atoms with Crippen LogP contribution in [0.1, 0.15) is 30.9 Å². The van der Waals surface area contributed by atoms with Crippen LogP contribution in [0, 0.1) is 6.92 Å². The van der Waals surface area contributed by atoms with E-state index in [2.05, 4.69) is 22.9 Å². The molecule has 1 aliphatic rings. The van der Waals surface area contributed by atoms with Crippen LogP contribution >= 0.6 is 15.9 Å². The topological polar surface area (TPSA) is 44.5 Å². The van der Waals surface area contributed by atoms with Crippen molar-refractivity contribution in [2.24, 2.45) is 5.73 Å². The van der Waals surface area contributed by atoms with E-state index in [0.29, 0.717) is 0 Å². The van der Waals surface area contributed by atoms with Gasteiger partial charge in [0.15, 0.2) is 0 Å². The number of aryl methyl sites for hydroxylation is 1. The summed E-state index contributed by atoms with van der Waals surface area (Å²) in [5.74, 6) is 1.77. The standard InChI is InChI=1S/C14H20BrNO2/c1-8-7-10(17-3)11(12(15)13(8)18-4)14(5-6-14)9(2)16/h7,9H,5-6,16H2,1-4H3. The number of rotatable bonds is 4. The van der Waals surface area contributed by atoms with Gasteiger partial charge in [-0.3, -0.25) is 0 Å². The lowest BCUT2D eigenvalue weighted by Gasteiger charge is -2.25. The van der Waals surface area contributed by atoms with Crippen molar-refractivity contribution in [2.75, 3.05) is 14.2 Å². The third-order valence-corrected chi connectivity index (χ3v) is 4.71. The molecule has 1 aliphatic carbocycles. The van der Waals surface area contributed by atoms with Crippen molar-refractivity contribution in [3.05, 3.63) is 21.7 Å². The number of hydrogen-bond acceptors (Lipinski definition) is 3. The molecule has 0 spiro atoms. The molecule has 1 unspecified atom stereocenters. The van der Waals surface area contributed by atoms with Gasteiger partial charge in [-0.05, 0) is 54.2 Å². The highest BCUT2D eigenvalue weighted by atomic mass is 79.9. The normalized spacial score (nSPS) is 18.3. The van der Waals surface area contributed by atoms with E-state index in [1.54, 1.807) is 14.2 Å². The monoisotopic (exact) mass is 313 g/mol. The van der Waals surface area contributed by atoms with Crippen molar-refractivity contribution in [2.45, 2.75) is 38.1 Å². The molecule has 0 radical (unpaired) electrons. The molecular formula is C14H20BrNO2. The number of benzene rings is 1. The summed E-state index contributed by atoms with van der Waals surface area (Å²) in [5.41, 5.74) is 8.42. The molecule has 1 aromatic carbocycles. The Morgan fingerprint density at radius 2 is 1.94 bits per heavy atom. The van der Waals surface area contributed by atoms with Crippen LogP contribution in [0.4, 0.5) is 0 Å². The van der Waals surface area contributed by atoms with Crippen molar-refractivity contribution >= 4 is 15.9 Å². The first-order valence-corrected chi connectivity index (χ1v) is 6.94. The van der Waals surface area contributed by atoms with E-state index in [-0.39, 0.29) is 11.5 Å². The van der Waals surface area contributed by atoms with E-state index in [1.165, 1.54) is 0 Å². The zero-order valence-electron chi connectivity index (χ0n) is 11.3. The molecule has 0 heterocycles. The maximum atomic E-state index is 6.17. The molecule has 100 valence electrons. The van der Waals surface area contributed by atoms with Gasteiger partial charge in [-0.1, -0.05) is 0 Å². The molecule has 0 aromatic heterocycles. The third-order valence-electron chi connectivity index (χ3n) is 3.95. The Morgan fingerprint density at radius 3 is 2.33 bits per heavy atom. The largest absolute Gasteiger partial charge is 0.496 e. The molecule has 2 rings (SSSR count). The first kappa shape index (κ1) is 13.7. The first-order valence-electron chi connectivity index (χ1n) is 6.15. The van der Waals surface area contributed by atoms with E-state index in [1.807, 2.05) is 13.0 Å². The Labute approximate surface area is 117 Å². The van der Waals surface area contributed by atoms with Crippen molar-refractivity contribution < 1.29 is 9.47 Å². The van der Waals surface area contributed by atoms with Gasteiger partial charge in [0.2, 0.25) is 0 Å². The predicted octanol–water partition coefficient (Wildman–Crippen LogP) is 3.15. The van der Waals surface area contributed by atoms with Gasteiger partial charge in [0.1, 0.15) is 11.5 Å². The summed E-state index contributed by atoms with van der Waals surface area (Å²) in [7, 11) is 3.39. The second-order valence-corrected chi connectivity index (χ2v) is 5.86. The van der Waals surface area contributed by atoms with E-state index < -0.39 is 0 Å². The van der Waals surface area contributed by atoms with Crippen LogP contribution in [0.3, 0.4) is 0 Å². The van der Waals surface area contributed by atoms with Gasteiger partial charge in [-0.2, -0.15) is 0 Å². The number of hydrogen-bond donors (Lipinski definition) is 1. The lowest BCUT2D eigenvalue weighted by Crippen LogP contribution is -2.32. The Hall–Kier alpha value is -0.740. The molecule has 0 amide bonds. The van der Waals surface area contributed by atoms with E-state index in [0.717, 1.165) is 39.9 Å². The van der Waals surface area contributed by atoms with Crippen LogP contribution in [-0.4, -0.2) is 20.3 Å². The highest BCUT2D eigenvalue weighted by Crippen LogP contribution is 2.57. The van der Waals surface area contributed by atoms with Crippen LogP contribution in [0.2, 0.25) is 0 Å². The summed E-state index contributed by atoms with van der Waals surface area (Å²) in [6, 6.07) is 2.14. The Bertz CT molecular complexity index is 467. The summed E-state index contributed by atoms with van der Waals surface area (Å²) < 4.78 is 12.0. The Morgan fingerprint density at radius 1 is 1.33 bits per heavy atom. The molecule has 2 N–H and O–H groups in total. The molecule has 1 fully saturated rings. The fourth-order valence-corrected chi connectivity index (χ4v) is 3.74. The van der Waals surface area contributed by atoms with Crippen molar-refractivity contribution in [1.29, 1.82) is 0 Å². The minimum Gasteiger partial charge on any atom is -0.496 e. The Balaban J connectivity index is 2.65. The number of halogens is 1. The molecule has 18 heavy (non-hydrogen) atoms. The highest BCUT2D eigenvalue weighted by molar-refractivity contribution is 9.10. The average molecular weight is 314 g/mol. The fourth-order valence-electron chi connectivity index (χ4n) is 2.67. The molecule has 1 aromatic rings. The first-order chi connectivity index (χ1) is 8.47. The summed E-state index contributed by atoms with van der Waals surface area (Å²) in [6.07, 6.45) is 2.21. The van der Waals surface area contributed by atoms with Crippen LogP contribution in [0.25, 0.3) is 0 Å². The Kier molecular flexibility index (Phi) is 3.60. The molecule has 1 atom stereocenters. The second kappa shape index (κ2) is 4.74. The van der Waals surface area contributed by atoms with Gasteiger partial charge in [0, 0.05) is 17.0 Å². The van der Waals surface area contributed by atoms with Crippen LogP contribution < -0.4 is 15.2 Å². The van der Waals surface area contributed by atoms with Gasteiger partial charge in [-0.25, -0.2) is 0 Å². The summed E-state index contributed by atoms with van der Waals surface area (Å²) in [6.45, 7) is 4.08. The average Bonchev–Trinajstić information content (AvgIpc) is 3.10. The van der Waals surface area contributed by atoms with Crippen LogP contribution in [0.5, 0.6) is 11.5 Å². The quantitative estimate of drug-likeness (QED) is 0.928. The lowest BCUT2D eigenvalue weighted by atomic mass is 9.88. The molecule has 0 bridgehead atoms. The molecule has 1 saturated carbocycles. The minimum atomic E-state index is 0.0329. The van der Waals surface area contributed by atoms with Gasteiger partial charge < -0.3 is 15.2 Å². The van der Waals surface area contributed by atoms with E-state index >= 15 is 0 Å². The second-order valence-electron chi connectivity index (χ2n) is 5.06. The fraction of sp³-hybridized carbons (Fsp3) is 0.571. The van der Waals surface area contributed by atoms with Crippen LogP contribution in [-0.2, 0) is 5.41 Å². The van der Waals surface area contributed by atoms with Gasteiger partial charge in [-0.15, -0.1) is 0 Å². The molecular weight excluding hydrogens is 294 g/mol. The number of ether oxygens (including phenoxy) is 2. The molecule has 0 aliphatic heterocycles. The number of methoxy groups -OCH3 is 2. The SMILES string of the molecule is COc1cc(C)c(OC)c(Br)c1C1(C(C)N)CC1. The number of nitrogens with two attached hydrogens (primary N) is 1. The highest BCUT2D eigenvalue weighted by Gasteiger charge is 2.51. The van der Waals surface area contributed by atoms with E-state index in [4.69, 9.17) is 15.2 Å². The zero-order chi connectivity index (χ0) is 13.5. The minimum absolute atomic E-state index is 0.0329. The molecule has 4 heteroatoms. The van der Waals surface area contributed by atoms with Gasteiger partial charge >= 0.3 is 0 Å². The predicted molar refractivity (Wildman–Crippen MR) is 76.5 cm³/mol. The summed E-state index contributed by atoms with van der Waals surface area (Å²) in [4.78, 5) is 0. The summed E-state index contributed by atoms with van der Waals surface area (Å²) in [5, 5.41) is 0. The maximum absolute atomic E-state index is 6.17. The van der Waals surface area contributed by atoms with Crippen LogP contribution in [0.15, 0.2) is 10.5 Å².